The highest BCUT2D eigenvalue weighted by Crippen LogP contribution is 2.29. The molecular formula is C15H18N2O4. The molecule has 2 N–H and O–H groups in total. The summed E-state index contributed by atoms with van der Waals surface area (Å²) in [6, 6.07) is 4.52. The molecule has 0 saturated heterocycles. The Kier molecular flexibility index (Phi) is 4.57. The van der Waals surface area contributed by atoms with Crippen LogP contribution in [0.5, 0.6) is 0 Å². The van der Waals surface area contributed by atoms with Gasteiger partial charge in [-0.05, 0) is 30.2 Å². The van der Waals surface area contributed by atoms with Crippen molar-refractivity contribution in [3.63, 3.8) is 0 Å². The van der Waals surface area contributed by atoms with Crippen molar-refractivity contribution in [1.29, 1.82) is 0 Å². The van der Waals surface area contributed by atoms with Gasteiger partial charge in [0.1, 0.15) is 6.54 Å². The van der Waals surface area contributed by atoms with Crippen molar-refractivity contribution in [3.05, 3.63) is 29.3 Å². The number of aromatic carboxylic acids is 1. The molecule has 1 aromatic carbocycles. The minimum absolute atomic E-state index is 0.0258. The molecule has 1 aromatic rings. The van der Waals surface area contributed by atoms with Gasteiger partial charge in [-0.1, -0.05) is 13.3 Å². The number of hydrogen-bond acceptors (Lipinski definition) is 3. The van der Waals surface area contributed by atoms with Gasteiger partial charge in [-0.25, -0.2) is 4.79 Å². The van der Waals surface area contributed by atoms with Crippen LogP contribution in [0.25, 0.3) is 0 Å². The Bertz CT molecular complexity index is 583. The summed E-state index contributed by atoms with van der Waals surface area (Å²) in [4.78, 5) is 36.1. The summed E-state index contributed by atoms with van der Waals surface area (Å²) in [7, 11) is 0. The van der Waals surface area contributed by atoms with Crippen LogP contribution in [0.15, 0.2) is 18.2 Å². The fourth-order valence-electron chi connectivity index (χ4n) is 2.29. The molecule has 0 unspecified atom stereocenters. The minimum Gasteiger partial charge on any atom is -0.478 e. The van der Waals surface area contributed by atoms with E-state index in [1.54, 1.807) is 6.07 Å². The highest BCUT2D eigenvalue weighted by atomic mass is 16.4. The maximum atomic E-state index is 12.0. The van der Waals surface area contributed by atoms with Crippen LogP contribution in [0.1, 0.15) is 35.7 Å². The predicted molar refractivity (Wildman–Crippen MR) is 77.4 cm³/mol. The molecule has 1 aliphatic heterocycles. The molecule has 21 heavy (non-hydrogen) atoms. The van der Waals surface area contributed by atoms with Crippen LogP contribution in [-0.4, -0.2) is 36.0 Å². The number of amides is 2. The lowest BCUT2D eigenvalue weighted by Gasteiger charge is -2.17. The van der Waals surface area contributed by atoms with Gasteiger partial charge < -0.3 is 15.3 Å². The summed E-state index contributed by atoms with van der Waals surface area (Å²) in [5, 5.41) is 11.7. The molecule has 0 aliphatic carbocycles. The number of anilines is 1. The summed E-state index contributed by atoms with van der Waals surface area (Å²) >= 11 is 0. The van der Waals surface area contributed by atoms with Gasteiger partial charge >= 0.3 is 5.97 Å². The first-order valence-corrected chi connectivity index (χ1v) is 6.96. The average Bonchev–Trinajstić information content (AvgIpc) is 2.74. The van der Waals surface area contributed by atoms with Gasteiger partial charge in [0.15, 0.2) is 0 Å². The first kappa shape index (κ1) is 15.0. The van der Waals surface area contributed by atoms with Crippen LogP contribution in [-0.2, 0) is 16.0 Å². The third kappa shape index (κ3) is 3.39. The maximum absolute atomic E-state index is 12.0. The number of nitrogens with one attached hydrogen (secondary N) is 1. The standard InChI is InChI=1S/C15H18N2O4/c1-2-3-6-16-13(18)9-17-12-5-4-10(15(20)21)7-11(12)8-14(17)19/h4-5,7H,2-3,6,8-9H2,1H3,(H,16,18)(H,20,21). The van der Waals surface area contributed by atoms with Crippen molar-refractivity contribution in [2.24, 2.45) is 0 Å². The molecule has 0 saturated carbocycles. The second-order valence-corrected chi connectivity index (χ2v) is 5.01. The third-order valence-corrected chi connectivity index (χ3v) is 3.41. The average molecular weight is 290 g/mol. The van der Waals surface area contributed by atoms with Gasteiger partial charge in [-0.15, -0.1) is 0 Å². The number of benzene rings is 1. The Morgan fingerprint density at radius 3 is 2.81 bits per heavy atom. The van der Waals surface area contributed by atoms with Crippen molar-refractivity contribution >= 4 is 23.5 Å². The quantitative estimate of drug-likeness (QED) is 0.770. The molecule has 0 radical (unpaired) electrons. The molecule has 6 heteroatoms. The number of fused-ring (bicyclic) bond motifs is 1. The normalized spacial score (nSPS) is 13.2. The van der Waals surface area contributed by atoms with E-state index in [-0.39, 0.29) is 30.3 Å². The van der Waals surface area contributed by atoms with Crippen molar-refractivity contribution in [2.75, 3.05) is 18.0 Å². The molecule has 2 amide bonds. The van der Waals surface area contributed by atoms with E-state index >= 15 is 0 Å². The van der Waals surface area contributed by atoms with E-state index in [0.717, 1.165) is 12.8 Å². The number of carboxylic acids is 1. The molecule has 0 fully saturated rings. The SMILES string of the molecule is CCCCNC(=O)CN1C(=O)Cc2cc(C(=O)O)ccc21. The van der Waals surface area contributed by atoms with Crippen molar-refractivity contribution in [1.82, 2.24) is 5.32 Å². The number of carbonyl (C=O) groups excluding carboxylic acids is 2. The highest BCUT2D eigenvalue weighted by molar-refractivity contribution is 6.05. The van der Waals surface area contributed by atoms with Crippen LogP contribution in [0, 0.1) is 0 Å². The lowest BCUT2D eigenvalue weighted by Crippen LogP contribution is -2.39. The van der Waals surface area contributed by atoms with Crippen LogP contribution < -0.4 is 10.2 Å². The largest absolute Gasteiger partial charge is 0.478 e. The van der Waals surface area contributed by atoms with Crippen molar-refractivity contribution < 1.29 is 19.5 Å². The predicted octanol–water partition coefficient (Wildman–Crippen LogP) is 1.19. The fourth-order valence-corrected chi connectivity index (χ4v) is 2.29. The van der Waals surface area contributed by atoms with Crippen molar-refractivity contribution in [2.45, 2.75) is 26.2 Å². The zero-order valence-corrected chi connectivity index (χ0v) is 11.9. The van der Waals surface area contributed by atoms with E-state index < -0.39 is 5.97 Å². The number of carboxylic acid groups (broad SMARTS) is 1. The van der Waals surface area contributed by atoms with Crippen LogP contribution >= 0.6 is 0 Å². The molecule has 0 bridgehead atoms. The fraction of sp³-hybridized carbons (Fsp3) is 0.400. The first-order chi connectivity index (χ1) is 10.0. The van der Waals surface area contributed by atoms with E-state index in [2.05, 4.69) is 5.32 Å². The summed E-state index contributed by atoms with van der Waals surface area (Å²) in [5.41, 5.74) is 1.42. The molecule has 112 valence electrons. The molecule has 0 spiro atoms. The Hall–Kier alpha value is -2.37. The zero-order chi connectivity index (χ0) is 15.4. The first-order valence-electron chi connectivity index (χ1n) is 6.96. The smallest absolute Gasteiger partial charge is 0.335 e. The van der Waals surface area contributed by atoms with E-state index in [0.29, 0.717) is 17.8 Å². The maximum Gasteiger partial charge on any atom is 0.335 e. The Morgan fingerprint density at radius 1 is 1.38 bits per heavy atom. The summed E-state index contributed by atoms with van der Waals surface area (Å²) in [6.07, 6.45) is 2.03. The summed E-state index contributed by atoms with van der Waals surface area (Å²) < 4.78 is 0. The van der Waals surface area contributed by atoms with Crippen molar-refractivity contribution in [3.8, 4) is 0 Å². The van der Waals surface area contributed by atoms with Crippen LogP contribution in [0.4, 0.5) is 5.69 Å². The molecule has 2 rings (SSSR count). The second-order valence-electron chi connectivity index (χ2n) is 5.01. The minimum atomic E-state index is -1.03. The van der Waals surface area contributed by atoms with Crippen LogP contribution in [0.2, 0.25) is 0 Å². The van der Waals surface area contributed by atoms with Gasteiger partial charge in [-0.2, -0.15) is 0 Å². The topological polar surface area (TPSA) is 86.7 Å². The van der Waals surface area contributed by atoms with Gasteiger partial charge in [0.05, 0.1) is 12.0 Å². The van der Waals surface area contributed by atoms with E-state index in [1.165, 1.54) is 17.0 Å². The molecule has 0 atom stereocenters. The lowest BCUT2D eigenvalue weighted by molar-refractivity contribution is -0.123. The van der Waals surface area contributed by atoms with E-state index in [9.17, 15) is 14.4 Å². The number of rotatable bonds is 6. The Labute approximate surface area is 122 Å². The molecule has 1 aliphatic rings. The monoisotopic (exact) mass is 290 g/mol. The second kappa shape index (κ2) is 6.39. The lowest BCUT2D eigenvalue weighted by atomic mass is 10.1. The zero-order valence-electron chi connectivity index (χ0n) is 11.9. The number of unbranched alkanes of at least 4 members (excludes halogenated alkanes) is 1. The highest BCUT2D eigenvalue weighted by Gasteiger charge is 2.29. The van der Waals surface area contributed by atoms with E-state index in [1.807, 2.05) is 6.92 Å². The van der Waals surface area contributed by atoms with Gasteiger partial charge in [0, 0.05) is 12.2 Å². The van der Waals surface area contributed by atoms with Gasteiger partial charge in [0.2, 0.25) is 11.8 Å². The Morgan fingerprint density at radius 2 is 2.14 bits per heavy atom. The van der Waals surface area contributed by atoms with Crippen LogP contribution in [0.3, 0.4) is 0 Å². The van der Waals surface area contributed by atoms with E-state index in [4.69, 9.17) is 5.11 Å². The summed E-state index contributed by atoms with van der Waals surface area (Å²) in [6.45, 7) is 2.61. The van der Waals surface area contributed by atoms with Gasteiger partial charge in [0.25, 0.3) is 0 Å². The van der Waals surface area contributed by atoms with Gasteiger partial charge in [-0.3, -0.25) is 9.59 Å². The number of nitrogens with zero attached hydrogens (tertiary/aromatic N) is 1. The molecule has 6 nitrogen and oxygen atoms in total. The molecular weight excluding hydrogens is 272 g/mol. The third-order valence-electron chi connectivity index (χ3n) is 3.41. The Balaban J connectivity index is 2.08. The molecule has 1 heterocycles. The summed E-state index contributed by atoms with van der Waals surface area (Å²) in [5.74, 6) is -1.41. The molecule has 0 aromatic heterocycles. The number of carbonyl (C=O) groups is 3. The number of hydrogen-bond donors (Lipinski definition) is 2.